The molecule has 0 aliphatic rings. The van der Waals surface area contributed by atoms with E-state index in [-0.39, 0.29) is 6.04 Å². The molecule has 1 heterocycles. The second kappa shape index (κ2) is 6.12. The summed E-state index contributed by atoms with van der Waals surface area (Å²) in [6, 6.07) is 19.5. The van der Waals surface area contributed by atoms with E-state index in [0.29, 0.717) is 0 Å². The molecule has 1 unspecified atom stereocenters. The highest BCUT2D eigenvalue weighted by molar-refractivity contribution is 14.1. The summed E-state index contributed by atoms with van der Waals surface area (Å²) in [4.78, 5) is 4.56. The normalized spacial score (nSPS) is 12.5. The van der Waals surface area contributed by atoms with E-state index in [1.54, 1.807) is 0 Å². The Kier molecular flexibility index (Phi) is 4.22. The van der Waals surface area contributed by atoms with Crippen LogP contribution in [0.1, 0.15) is 22.9 Å². The second-order valence-electron chi connectivity index (χ2n) is 5.18. The molecule has 0 amide bonds. The molecule has 3 rings (SSSR count). The zero-order valence-corrected chi connectivity index (χ0v) is 14.3. The van der Waals surface area contributed by atoms with Gasteiger partial charge in [-0.15, -0.1) is 0 Å². The maximum atomic E-state index is 4.56. The van der Waals surface area contributed by atoms with Crippen molar-refractivity contribution in [2.45, 2.75) is 13.0 Å². The first kappa shape index (κ1) is 14.5. The van der Waals surface area contributed by atoms with Gasteiger partial charge in [-0.2, -0.15) is 0 Å². The van der Waals surface area contributed by atoms with Crippen molar-refractivity contribution in [2.75, 3.05) is 7.05 Å². The first-order chi connectivity index (χ1) is 10.2. The standard InChI is InChI=1S/C18H17IN2/c1-12-3-4-14-11-15(7-10-17(14)21-12)18(20-2)13-5-8-16(19)9-6-13/h3-11,18,20H,1-2H3. The fourth-order valence-corrected chi connectivity index (χ4v) is 2.97. The topological polar surface area (TPSA) is 24.9 Å². The predicted octanol–water partition coefficient (Wildman–Crippen LogP) is 4.46. The Hall–Kier alpha value is -1.46. The van der Waals surface area contributed by atoms with Crippen molar-refractivity contribution in [1.82, 2.24) is 10.3 Å². The van der Waals surface area contributed by atoms with Crippen molar-refractivity contribution in [3.63, 3.8) is 0 Å². The first-order valence-corrected chi connectivity index (χ1v) is 8.05. The maximum absolute atomic E-state index is 4.56. The SMILES string of the molecule is CNC(c1ccc(I)cc1)c1ccc2nc(C)ccc2c1. The number of benzene rings is 2. The number of rotatable bonds is 3. The van der Waals surface area contributed by atoms with E-state index in [1.165, 1.54) is 20.1 Å². The molecule has 0 fully saturated rings. The van der Waals surface area contributed by atoms with E-state index in [4.69, 9.17) is 0 Å². The number of halogens is 1. The number of hydrogen-bond acceptors (Lipinski definition) is 2. The summed E-state index contributed by atoms with van der Waals surface area (Å²) in [6.45, 7) is 2.02. The van der Waals surface area contributed by atoms with Gasteiger partial charge in [-0.05, 0) is 78.0 Å². The summed E-state index contributed by atoms with van der Waals surface area (Å²) in [5.74, 6) is 0. The molecule has 21 heavy (non-hydrogen) atoms. The fourth-order valence-electron chi connectivity index (χ4n) is 2.61. The third kappa shape index (κ3) is 3.09. The van der Waals surface area contributed by atoms with Crippen LogP contribution in [0.5, 0.6) is 0 Å². The molecular formula is C18H17IN2. The number of fused-ring (bicyclic) bond motifs is 1. The first-order valence-electron chi connectivity index (χ1n) is 6.97. The molecule has 0 saturated carbocycles. The summed E-state index contributed by atoms with van der Waals surface area (Å²) in [5.41, 5.74) is 4.64. The molecule has 0 aliphatic heterocycles. The number of pyridine rings is 1. The summed E-state index contributed by atoms with van der Waals surface area (Å²) < 4.78 is 1.25. The Bertz CT molecular complexity index is 766. The van der Waals surface area contributed by atoms with Crippen LogP contribution >= 0.6 is 22.6 Å². The van der Waals surface area contributed by atoms with Crippen LogP contribution in [0.15, 0.2) is 54.6 Å². The van der Waals surface area contributed by atoms with Crippen LogP contribution in [0.2, 0.25) is 0 Å². The Labute approximate surface area is 138 Å². The third-order valence-electron chi connectivity index (χ3n) is 3.68. The summed E-state index contributed by atoms with van der Waals surface area (Å²) >= 11 is 2.33. The van der Waals surface area contributed by atoms with Gasteiger partial charge in [-0.25, -0.2) is 0 Å². The molecule has 106 valence electrons. The molecule has 3 heteroatoms. The van der Waals surface area contributed by atoms with Crippen LogP contribution in [-0.2, 0) is 0 Å². The van der Waals surface area contributed by atoms with Crippen LogP contribution in [0.25, 0.3) is 10.9 Å². The van der Waals surface area contributed by atoms with Gasteiger partial charge in [-0.3, -0.25) is 4.98 Å². The quantitative estimate of drug-likeness (QED) is 0.671. The molecule has 2 aromatic carbocycles. The van der Waals surface area contributed by atoms with Gasteiger partial charge < -0.3 is 5.32 Å². The Morgan fingerprint density at radius 2 is 1.67 bits per heavy atom. The van der Waals surface area contributed by atoms with Crippen molar-refractivity contribution in [3.05, 3.63) is 75.0 Å². The Morgan fingerprint density at radius 3 is 2.38 bits per heavy atom. The van der Waals surface area contributed by atoms with Crippen LogP contribution in [0.3, 0.4) is 0 Å². The molecule has 3 aromatic rings. The zero-order valence-electron chi connectivity index (χ0n) is 12.1. The Morgan fingerprint density at radius 1 is 0.952 bits per heavy atom. The average Bonchev–Trinajstić information content (AvgIpc) is 2.50. The highest BCUT2D eigenvalue weighted by atomic mass is 127. The van der Waals surface area contributed by atoms with Crippen LogP contribution in [0.4, 0.5) is 0 Å². The van der Waals surface area contributed by atoms with Gasteiger partial charge in [-0.1, -0.05) is 24.3 Å². The molecule has 2 nitrogen and oxygen atoms in total. The lowest BCUT2D eigenvalue weighted by molar-refractivity contribution is 0.692. The smallest absolute Gasteiger partial charge is 0.0705 e. The van der Waals surface area contributed by atoms with Crippen molar-refractivity contribution in [3.8, 4) is 0 Å². The minimum Gasteiger partial charge on any atom is -0.309 e. The van der Waals surface area contributed by atoms with Gasteiger partial charge in [0.2, 0.25) is 0 Å². The summed E-state index contributed by atoms with van der Waals surface area (Å²) in [7, 11) is 2.00. The van der Waals surface area contributed by atoms with Gasteiger partial charge in [0.25, 0.3) is 0 Å². The van der Waals surface area contributed by atoms with Gasteiger partial charge >= 0.3 is 0 Å². The van der Waals surface area contributed by atoms with Crippen molar-refractivity contribution in [1.29, 1.82) is 0 Å². The molecule has 0 radical (unpaired) electrons. The third-order valence-corrected chi connectivity index (χ3v) is 4.40. The molecule has 1 atom stereocenters. The monoisotopic (exact) mass is 388 g/mol. The summed E-state index contributed by atoms with van der Waals surface area (Å²) in [5, 5.41) is 4.59. The number of aryl methyl sites for hydroxylation is 1. The molecule has 0 bridgehead atoms. The molecule has 0 saturated heterocycles. The lowest BCUT2D eigenvalue weighted by Gasteiger charge is -2.18. The average molecular weight is 388 g/mol. The number of nitrogens with zero attached hydrogens (tertiary/aromatic N) is 1. The highest BCUT2D eigenvalue weighted by Gasteiger charge is 2.12. The van der Waals surface area contributed by atoms with Gasteiger partial charge in [0.1, 0.15) is 0 Å². The van der Waals surface area contributed by atoms with Gasteiger partial charge in [0, 0.05) is 14.7 Å². The number of hydrogen-bond donors (Lipinski definition) is 1. The number of aromatic nitrogens is 1. The molecule has 1 N–H and O–H groups in total. The van der Waals surface area contributed by atoms with Gasteiger partial charge in [0.15, 0.2) is 0 Å². The van der Waals surface area contributed by atoms with Crippen molar-refractivity contribution >= 4 is 33.5 Å². The van der Waals surface area contributed by atoms with E-state index in [0.717, 1.165) is 11.2 Å². The van der Waals surface area contributed by atoms with Crippen LogP contribution in [-0.4, -0.2) is 12.0 Å². The second-order valence-corrected chi connectivity index (χ2v) is 6.42. The van der Waals surface area contributed by atoms with Crippen LogP contribution in [0, 0.1) is 10.5 Å². The van der Waals surface area contributed by atoms with E-state index in [2.05, 4.69) is 87.5 Å². The number of nitrogens with one attached hydrogen (secondary N) is 1. The largest absolute Gasteiger partial charge is 0.309 e. The zero-order chi connectivity index (χ0) is 14.8. The van der Waals surface area contributed by atoms with E-state index in [9.17, 15) is 0 Å². The fraction of sp³-hybridized carbons (Fsp3) is 0.167. The molecule has 0 spiro atoms. The van der Waals surface area contributed by atoms with Crippen LogP contribution < -0.4 is 5.32 Å². The Balaban J connectivity index is 2.04. The van der Waals surface area contributed by atoms with Crippen molar-refractivity contribution in [2.24, 2.45) is 0 Å². The molecular weight excluding hydrogens is 371 g/mol. The molecule has 1 aromatic heterocycles. The minimum atomic E-state index is 0.202. The lowest BCUT2D eigenvalue weighted by Crippen LogP contribution is -2.17. The van der Waals surface area contributed by atoms with E-state index >= 15 is 0 Å². The van der Waals surface area contributed by atoms with E-state index < -0.39 is 0 Å². The van der Waals surface area contributed by atoms with E-state index in [1.807, 2.05) is 14.0 Å². The maximum Gasteiger partial charge on any atom is 0.0705 e. The van der Waals surface area contributed by atoms with Crippen molar-refractivity contribution < 1.29 is 0 Å². The lowest BCUT2D eigenvalue weighted by atomic mass is 9.97. The minimum absolute atomic E-state index is 0.202. The van der Waals surface area contributed by atoms with Gasteiger partial charge in [0.05, 0.1) is 11.6 Å². The summed E-state index contributed by atoms with van der Waals surface area (Å²) in [6.07, 6.45) is 0. The highest BCUT2D eigenvalue weighted by Crippen LogP contribution is 2.25. The predicted molar refractivity (Wildman–Crippen MR) is 96.5 cm³/mol. The molecule has 0 aliphatic carbocycles.